The zero-order valence-electron chi connectivity index (χ0n) is 11.3. The number of anilines is 1. The molecular weight excluding hydrogens is 282 g/mol. The minimum Gasteiger partial charge on any atom is -0.435 e. The van der Waals surface area contributed by atoms with Crippen molar-refractivity contribution in [3.63, 3.8) is 0 Å². The number of ether oxygens (including phenoxy) is 1. The van der Waals surface area contributed by atoms with Gasteiger partial charge >= 0.3 is 6.61 Å². The molecule has 108 valence electrons. The molecule has 0 spiro atoms. The standard InChI is InChI=1S/C14H16F2N2OS/c1-9(2)7-17-14-18-12(8-20-14)10-3-5-11(6-4-10)19-13(15)16/h3-6,8-9,13H,7H2,1-2H3,(H,17,18). The summed E-state index contributed by atoms with van der Waals surface area (Å²) in [5.74, 6) is 0.699. The number of nitrogens with zero attached hydrogens (tertiary/aromatic N) is 1. The first-order valence-electron chi connectivity index (χ1n) is 6.29. The molecule has 2 rings (SSSR count). The van der Waals surface area contributed by atoms with E-state index in [2.05, 4.69) is 28.9 Å². The van der Waals surface area contributed by atoms with E-state index in [9.17, 15) is 8.78 Å². The molecule has 0 saturated heterocycles. The van der Waals surface area contributed by atoms with Crippen LogP contribution in [0.3, 0.4) is 0 Å². The van der Waals surface area contributed by atoms with Gasteiger partial charge in [-0.3, -0.25) is 0 Å². The summed E-state index contributed by atoms with van der Waals surface area (Å²) in [4.78, 5) is 4.46. The molecule has 0 atom stereocenters. The van der Waals surface area contributed by atoms with Gasteiger partial charge in [-0.15, -0.1) is 11.3 Å². The van der Waals surface area contributed by atoms with Gasteiger partial charge in [0.15, 0.2) is 5.13 Å². The van der Waals surface area contributed by atoms with Crippen molar-refractivity contribution in [2.75, 3.05) is 11.9 Å². The van der Waals surface area contributed by atoms with Crippen LogP contribution >= 0.6 is 11.3 Å². The third-order valence-electron chi connectivity index (χ3n) is 2.54. The molecule has 1 N–H and O–H groups in total. The van der Waals surface area contributed by atoms with Crippen molar-refractivity contribution in [1.29, 1.82) is 0 Å². The van der Waals surface area contributed by atoms with Gasteiger partial charge < -0.3 is 10.1 Å². The molecule has 0 aliphatic carbocycles. The predicted molar refractivity (Wildman–Crippen MR) is 77.5 cm³/mol. The third kappa shape index (κ3) is 4.16. The Morgan fingerprint density at radius 2 is 1.95 bits per heavy atom. The Hall–Kier alpha value is -1.69. The fourth-order valence-corrected chi connectivity index (χ4v) is 2.32. The number of halogens is 2. The average Bonchev–Trinajstić information content (AvgIpc) is 2.85. The van der Waals surface area contributed by atoms with Crippen LogP contribution in [0.25, 0.3) is 11.3 Å². The smallest absolute Gasteiger partial charge is 0.387 e. The molecule has 20 heavy (non-hydrogen) atoms. The van der Waals surface area contributed by atoms with Gasteiger partial charge in [0.25, 0.3) is 0 Å². The van der Waals surface area contributed by atoms with Crippen LogP contribution in [0.2, 0.25) is 0 Å². The van der Waals surface area contributed by atoms with E-state index >= 15 is 0 Å². The van der Waals surface area contributed by atoms with Crippen LogP contribution in [0, 0.1) is 5.92 Å². The van der Waals surface area contributed by atoms with Crippen LogP contribution in [0.5, 0.6) is 5.75 Å². The zero-order chi connectivity index (χ0) is 14.5. The number of aromatic nitrogens is 1. The highest BCUT2D eigenvalue weighted by Crippen LogP contribution is 2.27. The molecule has 0 aliphatic rings. The Kier molecular flexibility index (Phi) is 4.89. The van der Waals surface area contributed by atoms with Gasteiger partial charge in [0, 0.05) is 17.5 Å². The molecule has 2 aromatic rings. The van der Waals surface area contributed by atoms with Gasteiger partial charge in [0.1, 0.15) is 5.75 Å². The quantitative estimate of drug-likeness (QED) is 0.853. The van der Waals surface area contributed by atoms with Crippen molar-refractivity contribution in [3.8, 4) is 17.0 Å². The highest BCUT2D eigenvalue weighted by Gasteiger charge is 2.07. The van der Waals surface area contributed by atoms with Gasteiger partial charge in [0.2, 0.25) is 0 Å². The Balaban J connectivity index is 2.04. The monoisotopic (exact) mass is 298 g/mol. The molecule has 1 aromatic heterocycles. The minimum absolute atomic E-state index is 0.150. The average molecular weight is 298 g/mol. The second-order valence-corrected chi connectivity index (χ2v) is 5.57. The summed E-state index contributed by atoms with van der Waals surface area (Å²) < 4.78 is 28.4. The normalized spacial score (nSPS) is 11.1. The first kappa shape index (κ1) is 14.7. The van der Waals surface area contributed by atoms with Gasteiger partial charge in [0.05, 0.1) is 5.69 Å². The Labute approximate surface area is 120 Å². The molecule has 1 heterocycles. The van der Waals surface area contributed by atoms with Crippen molar-refractivity contribution in [3.05, 3.63) is 29.6 Å². The molecule has 3 nitrogen and oxygen atoms in total. The topological polar surface area (TPSA) is 34.2 Å². The van der Waals surface area contributed by atoms with Crippen LogP contribution in [0.4, 0.5) is 13.9 Å². The maximum absolute atomic E-state index is 12.1. The summed E-state index contributed by atoms with van der Waals surface area (Å²) in [6.07, 6.45) is 0. The third-order valence-corrected chi connectivity index (χ3v) is 3.34. The van der Waals surface area contributed by atoms with E-state index in [0.717, 1.165) is 22.9 Å². The van der Waals surface area contributed by atoms with Crippen LogP contribution in [0.15, 0.2) is 29.6 Å². The molecule has 0 unspecified atom stereocenters. The largest absolute Gasteiger partial charge is 0.435 e. The summed E-state index contributed by atoms with van der Waals surface area (Å²) in [5.41, 5.74) is 1.70. The molecule has 6 heteroatoms. The highest BCUT2D eigenvalue weighted by atomic mass is 32.1. The van der Waals surface area contributed by atoms with Gasteiger partial charge in [-0.2, -0.15) is 8.78 Å². The van der Waals surface area contributed by atoms with Crippen molar-refractivity contribution in [1.82, 2.24) is 4.98 Å². The minimum atomic E-state index is -2.80. The van der Waals surface area contributed by atoms with E-state index in [1.165, 1.54) is 23.5 Å². The molecule has 0 amide bonds. The van der Waals surface area contributed by atoms with E-state index in [0.29, 0.717) is 5.92 Å². The highest BCUT2D eigenvalue weighted by molar-refractivity contribution is 7.14. The summed E-state index contributed by atoms with van der Waals surface area (Å²) in [6.45, 7) is 2.33. The van der Waals surface area contributed by atoms with Crippen LogP contribution in [0.1, 0.15) is 13.8 Å². The number of thiazole rings is 1. The van der Waals surface area contributed by atoms with Crippen molar-refractivity contribution in [2.45, 2.75) is 20.5 Å². The Morgan fingerprint density at radius 1 is 1.25 bits per heavy atom. The molecular formula is C14H16F2N2OS. The summed E-state index contributed by atoms with van der Waals surface area (Å²) >= 11 is 1.53. The molecule has 0 aliphatic heterocycles. The van der Waals surface area contributed by atoms with E-state index in [1.54, 1.807) is 12.1 Å². The zero-order valence-corrected chi connectivity index (χ0v) is 12.1. The van der Waals surface area contributed by atoms with E-state index < -0.39 is 6.61 Å². The first-order valence-corrected chi connectivity index (χ1v) is 7.17. The van der Waals surface area contributed by atoms with Crippen LogP contribution < -0.4 is 10.1 Å². The fraction of sp³-hybridized carbons (Fsp3) is 0.357. The predicted octanol–water partition coefficient (Wildman–Crippen LogP) is 4.48. The lowest BCUT2D eigenvalue weighted by molar-refractivity contribution is -0.0498. The van der Waals surface area contributed by atoms with Crippen molar-refractivity contribution in [2.24, 2.45) is 5.92 Å². The fourth-order valence-electron chi connectivity index (χ4n) is 1.59. The number of rotatable bonds is 6. The maximum Gasteiger partial charge on any atom is 0.387 e. The lowest BCUT2D eigenvalue weighted by Gasteiger charge is -2.05. The van der Waals surface area contributed by atoms with Crippen LogP contribution in [-0.4, -0.2) is 18.1 Å². The van der Waals surface area contributed by atoms with E-state index in [4.69, 9.17) is 0 Å². The maximum atomic E-state index is 12.1. The van der Waals surface area contributed by atoms with Gasteiger partial charge in [-0.05, 0) is 30.2 Å². The molecule has 1 aromatic carbocycles. The summed E-state index contributed by atoms with van der Waals surface area (Å²) in [7, 11) is 0. The summed E-state index contributed by atoms with van der Waals surface area (Å²) in [5, 5.41) is 6.05. The number of nitrogens with one attached hydrogen (secondary N) is 1. The second kappa shape index (κ2) is 6.65. The number of alkyl halides is 2. The lowest BCUT2D eigenvalue weighted by atomic mass is 10.2. The number of benzene rings is 1. The van der Waals surface area contributed by atoms with E-state index in [-0.39, 0.29) is 5.75 Å². The molecule has 0 radical (unpaired) electrons. The Bertz CT molecular complexity index is 540. The second-order valence-electron chi connectivity index (χ2n) is 4.72. The Morgan fingerprint density at radius 3 is 2.55 bits per heavy atom. The lowest BCUT2D eigenvalue weighted by Crippen LogP contribution is -2.07. The van der Waals surface area contributed by atoms with Gasteiger partial charge in [-0.25, -0.2) is 4.98 Å². The van der Waals surface area contributed by atoms with Gasteiger partial charge in [-0.1, -0.05) is 13.8 Å². The SMILES string of the molecule is CC(C)CNc1nc(-c2ccc(OC(F)F)cc2)cs1. The van der Waals surface area contributed by atoms with Crippen molar-refractivity contribution >= 4 is 16.5 Å². The molecule has 0 fully saturated rings. The van der Waals surface area contributed by atoms with Crippen LogP contribution in [-0.2, 0) is 0 Å². The first-order chi connectivity index (χ1) is 9.54. The summed E-state index contributed by atoms with van der Waals surface area (Å²) in [6, 6.07) is 6.47. The van der Waals surface area contributed by atoms with E-state index in [1.807, 2.05) is 5.38 Å². The van der Waals surface area contributed by atoms with Crippen molar-refractivity contribution < 1.29 is 13.5 Å². The molecule has 0 bridgehead atoms. The molecule has 0 saturated carbocycles. The number of hydrogen-bond acceptors (Lipinski definition) is 4. The number of hydrogen-bond donors (Lipinski definition) is 1.